The first-order valence-electron chi connectivity index (χ1n) is 7.37. The molecule has 1 aromatic rings. The van der Waals surface area contributed by atoms with Gasteiger partial charge in [0.1, 0.15) is 0 Å². The second kappa shape index (κ2) is 7.65. The number of amides is 1. The molecular formula is C15H24N2OS. The van der Waals surface area contributed by atoms with Crippen LogP contribution in [-0.4, -0.2) is 37.0 Å². The van der Waals surface area contributed by atoms with Crippen molar-refractivity contribution in [3.8, 4) is 0 Å². The smallest absolute Gasteiger partial charge is 0.252 e. The molecule has 1 N–H and O–H groups in total. The molecule has 19 heavy (non-hydrogen) atoms. The molecule has 106 valence electrons. The second-order valence-electron chi connectivity index (χ2n) is 5.21. The molecule has 0 atom stereocenters. The fourth-order valence-electron chi connectivity index (χ4n) is 2.49. The van der Waals surface area contributed by atoms with Crippen molar-refractivity contribution >= 4 is 17.2 Å². The monoisotopic (exact) mass is 280 g/mol. The molecule has 2 heterocycles. The summed E-state index contributed by atoms with van der Waals surface area (Å²) in [5.41, 5.74) is 0.826. The average molecular weight is 280 g/mol. The Morgan fingerprint density at radius 3 is 2.89 bits per heavy atom. The second-order valence-corrected chi connectivity index (χ2v) is 6.21. The molecule has 1 aliphatic heterocycles. The Hall–Kier alpha value is -0.870. The van der Waals surface area contributed by atoms with E-state index >= 15 is 0 Å². The highest BCUT2D eigenvalue weighted by molar-refractivity contribution is 7.10. The van der Waals surface area contributed by atoms with Gasteiger partial charge in [-0.25, -0.2) is 0 Å². The average Bonchev–Trinajstić information content (AvgIpc) is 2.89. The van der Waals surface area contributed by atoms with Crippen LogP contribution in [0.3, 0.4) is 0 Å². The van der Waals surface area contributed by atoms with E-state index in [0.717, 1.165) is 31.5 Å². The van der Waals surface area contributed by atoms with Crippen molar-refractivity contribution in [1.29, 1.82) is 0 Å². The quantitative estimate of drug-likeness (QED) is 0.869. The molecule has 1 aromatic heterocycles. The van der Waals surface area contributed by atoms with Gasteiger partial charge in [-0.05, 0) is 38.4 Å². The standard InChI is InChI=1S/C15H24N2OS/c1-2-6-14-11-13(12-19-14)15(18)16-7-10-17-8-4-3-5-9-17/h11-12H,2-10H2,1H3,(H,16,18). The molecule has 1 aliphatic rings. The maximum atomic E-state index is 12.0. The van der Waals surface area contributed by atoms with Crippen molar-refractivity contribution in [1.82, 2.24) is 10.2 Å². The Morgan fingerprint density at radius 2 is 2.16 bits per heavy atom. The highest BCUT2D eigenvalue weighted by Crippen LogP contribution is 2.16. The lowest BCUT2D eigenvalue weighted by Crippen LogP contribution is -2.37. The van der Waals surface area contributed by atoms with Gasteiger partial charge < -0.3 is 10.2 Å². The summed E-state index contributed by atoms with van der Waals surface area (Å²) in [6.07, 6.45) is 6.18. The topological polar surface area (TPSA) is 32.3 Å². The van der Waals surface area contributed by atoms with Crippen molar-refractivity contribution < 1.29 is 4.79 Å². The molecule has 0 unspecified atom stereocenters. The molecule has 3 nitrogen and oxygen atoms in total. The fourth-order valence-corrected chi connectivity index (χ4v) is 3.46. The summed E-state index contributed by atoms with van der Waals surface area (Å²) in [4.78, 5) is 15.7. The number of piperidine rings is 1. The van der Waals surface area contributed by atoms with Crippen molar-refractivity contribution in [3.05, 3.63) is 21.9 Å². The zero-order chi connectivity index (χ0) is 13.5. The van der Waals surface area contributed by atoms with Gasteiger partial charge in [0.15, 0.2) is 0 Å². The lowest BCUT2D eigenvalue weighted by molar-refractivity contribution is 0.0947. The summed E-state index contributed by atoms with van der Waals surface area (Å²) in [7, 11) is 0. The summed E-state index contributed by atoms with van der Waals surface area (Å²) in [5, 5.41) is 5.00. The number of rotatable bonds is 6. The van der Waals surface area contributed by atoms with E-state index in [0.29, 0.717) is 0 Å². The Labute approximate surface area is 120 Å². The van der Waals surface area contributed by atoms with Gasteiger partial charge in [0.2, 0.25) is 0 Å². The summed E-state index contributed by atoms with van der Waals surface area (Å²) in [6, 6.07) is 2.03. The zero-order valence-electron chi connectivity index (χ0n) is 11.8. The van der Waals surface area contributed by atoms with Crippen LogP contribution in [0.4, 0.5) is 0 Å². The SMILES string of the molecule is CCCc1cc(C(=O)NCCN2CCCCC2)cs1. The minimum Gasteiger partial charge on any atom is -0.351 e. The Kier molecular flexibility index (Phi) is 5.86. The third-order valence-electron chi connectivity index (χ3n) is 3.57. The minimum absolute atomic E-state index is 0.0793. The van der Waals surface area contributed by atoms with Crippen LogP contribution in [0, 0.1) is 0 Å². The Balaban J connectivity index is 1.70. The Morgan fingerprint density at radius 1 is 1.37 bits per heavy atom. The lowest BCUT2D eigenvalue weighted by Gasteiger charge is -2.26. The van der Waals surface area contributed by atoms with E-state index in [4.69, 9.17) is 0 Å². The highest BCUT2D eigenvalue weighted by Gasteiger charge is 2.11. The van der Waals surface area contributed by atoms with Gasteiger partial charge in [0.25, 0.3) is 5.91 Å². The number of carbonyl (C=O) groups is 1. The number of nitrogens with zero attached hydrogens (tertiary/aromatic N) is 1. The lowest BCUT2D eigenvalue weighted by atomic mass is 10.1. The number of hydrogen-bond donors (Lipinski definition) is 1. The number of thiophene rings is 1. The molecule has 0 radical (unpaired) electrons. The summed E-state index contributed by atoms with van der Waals surface area (Å²) < 4.78 is 0. The molecule has 1 amide bonds. The van der Waals surface area contributed by atoms with E-state index < -0.39 is 0 Å². The van der Waals surface area contributed by atoms with Crippen LogP contribution in [0.5, 0.6) is 0 Å². The predicted molar refractivity (Wildman–Crippen MR) is 80.9 cm³/mol. The van der Waals surface area contributed by atoms with Crippen LogP contribution in [0.25, 0.3) is 0 Å². The zero-order valence-corrected chi connectivity index (χ0v) is 12.6. The fraction of sp³-hybridized carbons (Fsp3) is 0.667. The normalized spacial score (nSPS) is 16.5. The van der Waals surface area contributed by atoms with Crippen molar-refractivity contribution in [3.63, 3.8) is 0 Å². The minimum atomic E-state index is 0.0793. The maximum Gasteiger partial charge on any atom is 0.252 e. The van der Waals surface area contributed by atoms with Gasteiger partial charge >= 0.3 is 0 Å². The van der Waals surface area contributed by atoms with E-state index in [2.05, 4.69) is 17.1 Å². The van der Waals surface area contributed by atoms with Crippen LogP contribution >= 0.6 is 11.3 Å². The largest absolute Gasteiger partial charge is 0.351 e. The van der Waals surface area contributed by atoms with Crippen LogP contribution in [0.2, 0.25) is 0 Å². The van der Waals surface area contributed by atoms with Gasteiger partial charge in [-0.2, -0.15) is 0 Å². The molecule has 0 saturated carbocycles. The van der Waals surface area contributed by atoms with Crippen molar-refractivity contribution in [2.45, 2.75) is 39.0 Å². The number of nitrogens with one attached hydrogen (secondary N) is 1. The van der Waals surface area contributed by atoms with Gasteiger partial charge in [-0.15, -0.1) is 11.3 Å². The summed E-state index contributed by atoms with van der Waals surface area (Å²) >= 11 is 1.69. The third kappa shape index (κ3) is 4.62. The number of carbonyl (C=O) groups excluding carboxylic acids is 1. The van der Waals surface area contributed by atoms with E-state index in [-0.39, 0.29) is 5.91 Å². The third-order valence-corrected chi connectivity index (χ3v) is 4.57. The number of hydrogen-bond acceptors (Lipinski definition) is 3. The van der Waals surface area contributed by atoms with Crippen LogP contribution in [-0.2, 0) is 6.42 Å². The van der Waals surface area contributed by atoms with Crippen molar-refractivity contribution in [2.75, 3.05) is 26.2 Å². The predicted octanol–water partition coefficient (Wildman–Crippen LogP) is 2.92. The molecular weight excluding hydrogens is 256 g/mol. The summed E-state index contributed by atoms with van der Waals surface area (Å²) in [6.45, 7) is 6.29. The number of likely N-dealkylation sites (tertiary alicyclic amines) is 1. The molecule has 0 aromatic carbocycles. The van der Waals surface area contributed by atoms with E-state index in [1.165, 1.54) is 37.2 Å². The van der Waals surface area contributed by atoms with Gasteiger partial charge in [-0.1, -0.05) is 19.8 Å². The molecule has 0 aliphatic carbocycles. The van der Waals surface area contributed by atoms with Gasteiger partial charge in [0.05, 0.1) is 5.56 Å². The Bertz CT molecular complexity index is 397. The molecule has 0 spiro atoms. The molecule has 2 rings (SSSR count). The molecule has 1 fully saturated rings. The van der Waals surface area contributed by atoms with Gasteiger partial charge in [-0.3, -0.25) is 4.79 Å². The van der Waals surface area contributed by atoms with E-state index in [1.54, 1.807) is 11.3 Å². The molecule has 0 bridgehead atoms. The first-order valence-corrected chi connectivity index (χ1v) is 8.25. The van der Waals surface area contributed by atoms with E-state index in [1.807, 2.05) is 11.4 Å². The molecule has 4 heteroatoms. The van der Waals surface area contributed by atoms with Gasteiger partial charge in [0, 0.05) is 23.3 Å². The maximum absolute atomic E-state index is 12.0. The number of aryl methyl sites for hydroxylation is 1. The highest BCUT2D eigenvalue weighted by atomic mass is 32.1. The first-order chi connectivity index (χ1) is 9.29. The van der Waals surface area contributed by atoms with Crippen LogP contribution < -0.4 is 5.32 Å². The molecule has 1 saturated heterocycles. The summed E-state index contributed by atoms with van der Waals surface area (Å²) in [5.74, 6) is 0.0793. The van der Waals surface area contributed by atoms with Crippen LogP contribution in [0.1, 0.15) is 47.8 Å². The first kappa shape index (κ1) is 14.5. The van der Waals surface area contributed by atoms with Crippen LogP contribution in [0.15, 0.2) is 11.4 Å². The van der Waals surface area contributed by atoms with E-state index in [9.17, 15) is 4.79 Å². The van der Waals surface area contributed by atoms with Crippen molar-refractivity contribution in [2.24, 2.45) is 0 Å².